The monoisotopic (exact) mass is 322 g/mol. The van der Waals surface area contributed by atoms with Crippen LogP contribution in [-0.4, -0.2) is 18.7 Å². The predicted octanol–water partition coefficient (Wildman–Crippen LogP) is 2.03. The highest BCUT2D eigenvalue weighted by molar-refractivity contribution is 5.72. The van der Waals surface area contributed by atoms with Crippen molar-refractivity contribution in [2.24, 2.45) is 0 Å². The lowest BCUT2D eigenvalue weighted by Gasteiger charge is -2.11. The van der Waals surface area contributed by atoms with Crippen LogP contribution in [-0.2, 0) is 13.1 Å². The van der Waals surface area contributed by atoms with Crippen LogP contribution in [0.5, 0.6) is 0 Å². The molecule has 0 N–H and O–H groups in total. The zero-order valence-electron chi connectivity index (χ0n) is 13.5. The van der Waals surface area contributed by atoms with Crippen LogP contribution in [0.2, 0.25) is 0 Å². The summed E-state index contributed by atoms with van der Waals surface area (Å²) in [5.41, 5.74) is 1.66. The summed E-state index contributed by atoms with van der Waals surface area (Å²) >= 11 is 0. The Bertz CT molecular complexity index is 1040. The molecule has 3 aromatic rings. The molecule has 2 aromatic heterocycles. The summed E-state index contributed by atoms with van der Waals surface area (Å²) in [5.74, 6) is 0. The van der Waals surface area contributed by atoms with Gasteiger partial charge in [0.1, 0.15) is 0 Å². The minimum atomic E-state index is -0.430. The maximum absolute atomic E-state index is 12.9. The van der Waals surface area contributed by atoms with Crippen molar-refractivity contribution in [1.82, 2.24) is 18.7 Å². The van der Waals surface area contributed by atoms with E-state index in [1.807, 2.05) is 31.2 Å². The van der Waals surface area contributed by atoms with Crippen LogP contribution in [0.4, 0.5) is 0 Å². The Balaban J connectivity index is 2.45. The van der Waals surface area contributed by atoms with Gasteiger partial charge in [0.05, 0.1) is 12.0 Å². The Hall–Kier alpha value is -3.15. The number of nitrogens with zero attached hydrogens (tertiary/aromatic N) is 4. The van der Waals surface area contributed by atoms with Crippen LogP contribution in [0.1, 0.15) is 5.56 Å². The van der Waals surface area contributed by atoms with Gasteiger partial charge in [0.2, 0.25) is 0 Å². The van der Waals surface area contributed by atoms with E-state index < -0.39 is 5.69 Å². The topological polar surface area (TPSA) is 61.8 Å². The molecule has 0 radical (unpaired) electrons. The van der Waals surface area contributed by atoms with Crippen LogP contribution in [0.25, 0.3) is 16.9 Å². The van der Waals surface area contributed by atoms with Gasteiger partial charge in [-0.05, 0) is 19.1 Å². The molecular weight excluding hydrogens is 304 g/mol. The van der Waals surface area contributed by atoms with Crippen molar-refractivity contribution >= 4 is 11.2 Å². The third-order valence-electron chi connectivity index (χ3n) is 3.83. The van der Waals surface area contributed by atoms with Gasteiger partial charge in [0, 0.05) is 13.1 Å². The summed E-state index contributed by atoms with van der Waals surface area (Å²) < 4.78 is 4.31. The fourth-order valence-corrected chi connectivity index (χ4v) is 2.67. The van der Waals surface area contributed by atoms with Crippen molar-refractivity contribution in [3.8, 4) is 5.69 Å². The van der Waals surface area contributed by atoms with Gasteiger partial charge in [-0.15, -0.1) is 13.2 Å². The lowest BCUT2D eigenvalue weighted by molar-refractivity contribution is 0.691. The largest absolute Gasteiger partial charge is 0.337 e. The number of imidazole rings is 1. The number of allylic oxidation sites excluding steroid dienone is 2. The van der Waals surface area contributed by atoms with Crippen LogP contribution >= 0.6 is 0 Å². The average molecular weight is 322 g/mol. The maximum Gasteiger partial charge on any atom is 0.337 e. The van der Waals surface area contributed by atoms with E-state index in [0.717, 1.165) is 10.1 Å². The summed E-state index contributed by atoms with van der Waals surface area (Å²) in [6, 6.07) is 7.51. The molecule has 2 heterocycles. The van der Waals surface area contributed by atoms with Crippen molar-refractivity contribution in [3.63, 3.8) is 0 Å². The lowest BCUT2D eigenvalue weighted by atomic mass is 10.2. The molecule has 0 saturated carbocycles. The molecule has 0 spiro atoms. The first kappa shape index (κ1) is 15.7. The molecule has 122 valence electrons. The summed E-state index contributed by atoms with van der Waals surface area (Å²) in [5, 5.41) is 0. The normalized spacial score (nSPS) is 10.9. The van der Waals surface area contributed by atoms with E-state index in [0.29, 0.717) is 23.4 Å². The highest BCUT2D eigenvalue weighted by Crippen LogP contribution is 2.14. The molecule has 0 bridgehead atoms. The Labute approximate surface area is 138 Å². The van der Waals surface area contributed by atoms with E-state index in [4.69, 9.17) is 0 Å². The number of aromatic nitrogens is 4. The molecule has 3 rings (SSSR count). The first-order valence-corrected chi connectivity index (χ1v) is 7.58. The minimum absolute atomic E-state index is 0.138. The summed E-state index contributed by atoms with van der Waals surface area (Å²) in [6.07, 6.45) is 4.76. The van der Waals surface area contributed by atoms with Crippen LogP contribution in [0, 0.1) is 6.92 Å². The molecule has 0 atom stereocenters. The lowest BCUT2D eigenvalue weighted by Crippen LogP contribution is -2.39. The molecule has 0 saturated heterocycles. The van der Waals surface area contributed by atoms with Crippen molar-refractivity contribution < 1.29 is 0 Å². The predicted molar refractivity (Wildman–Crippen MR) is 94.7 cm³/mol. The first-order chi connectivity index (χ1) is 11.6. The second-order valence-electron chi connectivity index (χ2n) is 5.52. The van der Waals surface area contributed by atoms with Gasteiger partial charge in [-0.1, -0.05) is 29.8 Å². The molecular formula is C18H18N4O2. The number of fused-ring (bicyclic) bond motifs is 1. The quantitative estimate of drug-likeness (QED) is 0.675. The van der Waals surface area contributed by atoms with E-state index in [9.17, 15) is 9.59 Å². The number of aryl methyl sites for hydroxylation is 1. The van der Waals surface area contributed by atoms with Gasteiger partial charge >= 0.3 is 5.69 Å². The molecule has 24 heavy (non-hydrogen) atoms. The fraction of sp³-hybridized carbons (Fsp3) is 0.167. The number of hydrogen-bond acceptors (Lipinski definition) is 3. The molecule has 6 heteroatoms. The highest BCUT2D eigenvalue weighted by Gasteiger charge is 2.18. The molecule has 0 fully saturated rings. The zero-order chi connectivity index (χ0) is 17.3. The van der Waals surface area contributed by atoms with Crippen molar-refractivity contribution in [2.45, 2.75) is 20.0 Å². The van der Waals surface area contributed by atoms with Crippen LogP contribution in [0.15, 0.2) is 65.5 Å². The summed E-state index contributed by atoms with van der Waals surface area (Å²) in [6.45, 7) is 9.87. The summed E-state index contributed by atoms with van der Waals surface area (Å²) in [4.78, 5) is 29.9. The van der Waals surface area contributed by atoms with Crippen molar-refractivity contribution in [3.05, 3.63) is 82.3 Å². The van der Waals surface area contributed by atoms with E-state index in [1.54, 1.807) is 17.0 Å². The number of hydrogen-bond donors (Lipinski definition) is 0. The highest BCUT2D eigenvalue weighted by atomic mass is 16.2. The third-order valence-corrected chi connectivity index (χ3v) is 3.83. The second kappa shape index (κ2) is 6.16. The van der Waals surface area contributed by atoms with Crippen molar-refractivity contribution in [1.29, 1.82) is 0 Å². The number of rotatable bonds is 5. The van der Waals surface area contributed by atoms with E-state index in [2.05, 4.69) is 18.1 Å². The fourth-order valence-electron chi connectivity index (χ4n) is 2.67. The number of benzene rings is 1. The zero-order valence-corrected chi connectivity index (χ0v) is 13.5. The smallest absolute Gasteiger partial charge is 0.321 e. The van der Waals surface area contributed by atoms with Gasteiger partial charge in [0.15, 0.2) is 11.2 Å². The van der Waals surface area contributed by atoms with Gasteiger partial charge in [0.25, 0.3) is 5.56 Å². The van der Waals surface area contributed by atoms with Gasteiger partial charge < -0.3 is 4.57 Å². The molecule has 0 aliphatic carbocycles. The molecule has 0 amide bonds. The van der Waals surface area contributed by atoms with Gasteiger partial charge in [-0.3, -0.25) is 9.36 Å². The Kier molecular flexibility index (Phi) is 4.04. The van der Waals surface area contributed by atoms with Crippen LogP contribution in [0.3, 0.4) is 0 Å². The molecule has 1 aromatic carbocycles. The van der Waals surface area contributed by atoms with Gasteiger partial charge in [-0.2, -0.15) is 0 Å². The Morgan fingerprint density at radius 2 is 1.75 bits per heavy atom. The third kappa shape index (κ3) is 2.42. The molecule has 0 unspecified atom stereocenters. The second-order valence-corrected chi connectivity index (χ2v) is 5.52. The van der Waals surface area contributed by atoms with E-state index >= 15 is 0 Å². The standard InChI is InChI=1S/C18H18N4O2/c1-4-10-20-12-19-16-15(20)17(23)21(11-5-2)18(24)22(16)14-8-6-13(3)7-9-14/h4-9,12H,1-2,10-11H2,3H3. The summed E-state index contributed by atoms with van der Waals surface area (Å²) in [7, 11) is 0. The van der Waals surface area contributed by atoms with Crippen molar-refractivity contribution in [2.75, 3.05) is 0 Å². The van der Waals surface area contributed by atoms with E-state index in [-0.39, 0.29) is 12.1 Å². The molecule has 0 aliphatic rings. The SMILES string of the molecule is C=CCn1c(=O)c2c(ncn2CC=C)n(-c2ccc(C)cc2)c1=O. The van der Waals surface area contributed by atoms with E-state index in [1.165, 1.54) is 10.6 Å². The van der Waals surface area contributed by atoms with Crippen LogP contribution < -0.4 is 11.2 Å². The first-order valence-electron chi connectivity index (χ1n) is 7.58. The minimum Gasteiger partial charge on any atom is -0.321 e. The Morgan fingerprint density at radius 3 is 2.38 bits per heavy atom. The maximum atomic E-state index is 12.9. The molecule has 6 nitrogen and oxygen atoms in total. The average Bonchev–Trinajstić information content (AvgIpc) is 2.97. The van der Waals surface area contributed by atoms with Gasteiger partial charge in [-0.25, -0.2) is 14.3 Å². The Morgan fingerprint density at radius 1 is 1.08 bits per heavy atom. The molecule has 0 aliphatic heterocycles.